The summed E-state index contributed by atoms with van der Waals surface area (Å²) < 4.78 is 1.67. The molecule has 1 aliphatic heterocycles. The van der Waals surface area contributed by atoms with Gasteiger partial charge in [0.15, 0.2) is 0 Å². The van der Waals surface area contributed by atoms with Gasteiger partial charge in [0.05, 0.1) is 5.69 Å². The van der Waals surface area contributed by atoms with Gasteiger partial charge in [-0.2, -0.15) is 0 Å². The molecule has 36 heavy (non-hydrogen) atoms. The van der Waals surface area contributed by atoms with Crippen LogP contribution in [0, 0.1) is 6.92 Å². The predicted octanol–water partition coefficient (Wildman–Crippen LogP) is 5.49. The van der Waals surface area contributed by atoms with Crippen LogP contribution in [0.3, 0.4) is 0 Å². The maximum atomic E-state index is 12.6. The summed E-state index contributed by atoms with van der Waals surface area (Å²) in [6, 6.07) is 18.6. The second-order valence-electron chi connectivity index (χ2n) is 9.03. The molecule has 0 saturated carbocycles. The second kappa shape index (κ2) is 9.99. The van der Waals surface area contributed by atoms with Gasteiger partial charge in [0.25, 0.3) is 5.56 Å². The zero-order valence-electron chi connectivity index (χ0n) is 21.4. The maximum Gasteiger partial charge on any atom is 0.258 e. The van der Waals surface area contributed by atoms with Crippen LogP contribution in [0.2, 0.25) is 0 Å². The van der Waals surface area contributed by atoms with Crippen molar-refractivity contribution in [1.29, 1.82) is 0 Å². The van der Waals surface area contributed by atoms with Gasteiger partial charge in [-0.05, 0) is 47.7 Å². The maximum absolute atomic E-state index is 12.6. The Morgan fingerprint density at radius 1 is 0.889 bits per heavy atom. The van der Waals surface area contributed by atoms with Gasteiger partial charge in [0.1, 0.15) is 5.82 Å². The average molecular weight is 480 g/mol. The number of aryl methyl sites for hydroxylation is 2. The van der Waals surface area contributed by atoms with Crippen LogP contribution < -0.4 is 15.8 Å². The van der Waals surface area contributed by atoms with Crippen molar-refractivity contribution in [1.82, 2.24) is 19.9 Å². The van der Waals surface area contributed by atoms with E-state index >= 15 is 0 Å². The molecule has 3 aromatic heterocycles. The summed E-state index contributed by atoms with van der Waals surface area (Å²) in [5.74, 6) is 1.03. The van der Waals surface area contributed by atoms with Crippen molar-refractivity contribution in [3.05, 3.63) is 82.9 Å². The van der Waals surface area contributed by atoms with Crippen LogP contribution in [-0.2, 0) is 7.05 Å². The first-order valence-electron chi connectivity index (χ1n) is 12.7. The van der Waals surface area contributed by atoms with E-state index in [0.717, 1.165) is 70.7 Å². The first-order chi connectivity index (χ1) is 17.6. The molecular weight excluding hydrogens is 446 g/mol. The Kier molecular flexibility index (Phi) is 6.61. The number of rotatable bonds is 3. The van der Waals surface area contributed by atoms with E-state index in [0.29, 0.717) is 0 Å². The Bertz CT molecular complexity index is 1570. The van der Waals surface area contributed by atoms with Crippen LogP contribution >= 0.6 is 0 Å². The number of H-pyrrole nitrogens is 1. The molecule has 1 fully saturated rings. The number of fused-ring (bicyclic) bond motifs is 2. The minimum Gasteiger partial charge on any atom is -0.354 e. The molecule has 0 amide bonds. The van der Waals surface area contributed by atoms with Crippen molar-refractivity contribution < 1.29 is 0 Å². The standard InChI is InChI=1S/C28H27N5O.C2H6/c1-18-21-9-7-19(20-8-10-26(30-16-20)33-13-11-29-12-14-33)15-25(21)31-27(18)24-17-32(2)28(34)23-6-4-3-5-22(23)24;1-2/h3-10,15-17,29,31H,11-14H2,1-2H3;1-2H3. The van der Waals surface area contributed by atoms with E-state index in [4.69, 9.17) is 4.98 Å². The molecule has 0 atom stereocenters. The molecule has 2 N–H and O–H groups in total. The molecule has 0 spiro atoms. The molecular formula is C30H33N5O. The minimum atomic E-state index is 0.0205. The number of nitrogens with one attached hydrogen (secondary N) is 2. The van der Waals surface area contributed by atoms with Crippen LogP contribution in [0.1, 0.15) is 19.4 Å². The number of benzene rings is 2. The highest BCUT2D eigenvalue weighted by Gasteiger charge is 2.16. The summed E-state index contributed by atoms with van der Waals surface area (Å²) in [7, 11) is 1.81. The van der Waals surface area contributed by atoms with Crippen molar-refractivity contribution in [2.24, 2.45) is 7.05 Å². The highest BCUT2D eigenvalue weighted by molar-refractivity contribution is 6.00. The van der Waals surface area contributed by atoms with Gasteiger partial charge in [-0.25, -0.2) is 4.98 Å². The van der Waals surface area contributed by atoms with Crippen molar-refractivity contribution in [2.45, 2.75) is 20.8 Å². The number of aromatic nitrogens is 3. The zero-order valence-corrected chi connectivity index (χ0v) is 21.4. The fourth-order valence-corrected chi connectivity index (χ4v) is 5.04. The number of hydrogen-bond acceptors (Lipinski definition) is 4. The third kappa shape index (κ3) is 4.18. The Morgan fingerprint density at radius 2 is 1.61 bits per heavy atom. The fraction of sp³-hybridized carbons (Fsp3) is 0.267. The average Bonchev–Trinajstić information content (AvgIpc) is 3.28. The Balaban J connectivity index is 0.00000130. The number of piperazine rings is 1. The van der Waals surface area contributed by atoms with Crippen LogP contribution in [0.5, 0.6) is 0 Å². The topological polar surface area (TPSA) is 66.0 Å². The van der Waals surface area contributed by atoms with Gasteiger partial charge < -0.3 is 19.8 Å². The molecule has 6 heteroatoms. The van der Waals surface area contributed by atoms with Crippen LogP contribution in [-0.4, -0.2) is 40.7 Å². The first kappa shape index (κ1) is 23.8. The molecule has 2 aromatic carbocycles. The van der Waals surface area contributed by atoms with Gasteiger partial charge in [0.2, 0.25) is 0 Å². The highest BCUT2D eigenvalue weighted by atomic mass is 16.1. The lowest BCUT2D eigenvalue weighted by Crippen LogP contribution is -2.43. The lowest BCUT2D eigenvalue weighted by Gasteiger charge is -2.28. The SMILES string of the molecule is CC.Cc1c(-c2cn(C)c(=O)c3ccccc23)[nH]c2cc(-c3ccc(N4CCNCC4)nc3)ccc12. The zero-order chi connectivity index (χ0) is 25.2. The molecule has 6 rings (SSSR count). The Morgan fingerprint density at radius 3 is 2.33 bits per heavy atom. The van der Waals surface area contributed by atoms with Crippen molar-refractivity contribution in [3.63, 3.8) is 0 Å². The minimum absolute atomic E-state index is 0.0205. The number of hydrogen-bond donors (Lipinski definition) is 2. The fourth-order valence-electron chi connectivity index (χ4n) is 5.04. The summed E-state index contributed by atoms with van der Waals surface area (Å²) >= 11 is 0. The molecule has 0 aliphatic carbocycles. The quantitative estimate of drug-likeness (QED) is 0.359. The molecule has 4 heterocycles. The molecule has 1 saturated heterocycles. The number of anilines is 1. The first-order valence-corrected chi connectivity index (χ1v) is 12.7. The number of nitrogens with zero attached hydrogens (tertiary/aromatic N) is 3. The molecule has 0 radical (unpaired) electrons. The smallest absolute Gasteiger partial charge is 0.258 e. The monoisotopic (exact) mass is 479 g/mol. The molecule has 0 unspecified atom stereocenters. The lowest BCUT2D eigenvalue weighted by molar-refractivity contribution is 0.585. The van der Waals surface area contributed by atoms with Crippen LogP contribution in [0.15, 0.2) is 71.8 Å². The second-order valence-corrected chi connectivity index (χ2v) is 9.03. The summed E-state index contributed by atoms with van der Waals surface area (Å²) in [5, 5.41) is 6.26. The van der Waals surface area contributed by atoms with E-state index in [2.05, 4.69) is 52.5 Å². The van der Waals surface area contributed by atoms with E-state index in [1.807, 2.05) is 57.6 Å². The van der Waals surface area contributed by atoms with E-state index in [9.17, 15) is 4.79 Å². The Labute approximate surface area is 211 Å². The summed E-state index contributed by atoms with van der Waals surface area (Å²) in [5.41, 5.74) is 6.59. The number of pyridine rings is 2. The third-order valence-electron chi connectivity index (χ3n) is 6.94. The molecule has 0 bridgehead atoms. The van der Waals surface area contributed by atoms with E-state index < -0.39 is 0 Å². The highest BCUT2D eigenvalue weighted by Crippen LogP contribution is 2.35. The molecule has 5 aromatic rings. The van der Waals surface area contributed by atoms with E-state index in [-0.39, 0.29) is 5.56 Å². The Hall–Kier alpha value is -3.90. The summed E-state index contributed by atoms with van der Waals surface area (Å²) in [6.07, 6.45) is 3.90. The predicted molar refractivity (Wildman–Crippen MR) is 151 cm³/mol. The van der Waals surface area contributed by atoms with E-state index in [1.54, 1.807) is 4.57 Å². The third-order valence-corrected chi connectivity index (χ3v) is 6.94. The van der Waals surface area contributed by atoms with Gasteiger partial charge in [-0.3, -0.25) is 4.79 Å². The molecule has 184 valence electrons. The van der Waals surface area contributed by atoms with Gasteiger partial charge >= 0.3 is 0 Å². The molecule has 6 nitrogen and oxygen atoms in total. The van der Waals surface area contributed by atoms with Crippen molar-refractivity contribution >= 4 is 27.5 Å². The van der Waals surface area contributed by atoms with Gasteiger partial charge in [-0.15, -0.1) is 0 Å². The van der Waals surface area contributed by atoms with Crippen LogP contribution in [0.4, 0.5) is 5.82 Å². The van der Waals surface area contributed by atoms with Crippen molar-refractivity contribution in [2.75, 3.05) is 31.1 Å². The largest absolute Gasteiger partial charge is 0.354 e. The van der Waals surface area contributed by atoms with Gasteiger partial charge in [-0.1, -0.05) is 44.2 Å². The van der Waals surface area contributed by atoms with Crippen LogP contribution in [0.25, 0.3) is 44.1 Å². The normalized spacial score (nSPS) is 13.6. The lowest BCUT2D eigenvalue weighted by atomic mass is 10.0. The summed E-state index contributed by atoms with van der Waals surface area (Å²) in [6.45, 7) is 10.1. The molecule has 1 aliphatic rings. The summed E-state index contributed by atoms with van der Waals surface area (Å²) in [4.78, 5) is 23.3. The number of aromatic amines is 1. The van der Waals surface area contributed by atoms with Gasteiger partial charge in [0, 0.05) is 73.0 Å². The van der Waals surface area contributed by atoms with Crippen molar-refractivity contribution in [3.8, 4) is 22.4 Å². The van der Waals surface area contributed by atoms with E-state index in [1.165, 1.54) is 10.9 Å².